The fourth-order valence-corrected chi connectivity index (χ4v) is 3.38. The minimum atomic E-state index is -0.604. The molecule has 1 fully saturated rings. The van der Waals surface area contributed by atoms with E-state index in [1.165, 1.54) is 31.2 Å². The Labute approximate surface area is 116 Å². The van der Waals surface area contributed by atoms with Gasteiger partial charge in [0, 0.05) is 6.54 Å². The molecule has 0 spiro atoms. The second-order valence-corrected chi connectivity index (χ2v) is 5.71. The maximum atomic E-state index is 9.90. The first-order valence-corrected chi connectivity index (χ1v) is 7.22. The molecule has 0 aromatic heterocycles. The van der Waals surface area contributed by atoms with Crippen LogP contribution in [0.3, 0.4) is 0 Å². The number of benzene rings is 1. The van der Waals surface area contributed by atoms with E-state index in [1.807, 2.05) is 6.07 Å². The lowest BCUT2D eigenvalue weighted by Crippen LogP contribution is -2.12. The number of aliphatic hydroxyl groups excluding tert-OH is 1. The summed E-state index contributed by atoms with van der Waals surface area (Å²) < 4.78 is 6.40. The van der Waals surface area contributed by atoms with Gasteiger partial charge >= 0.3 is 0 Å². The summed E-state index contributed by atoms with van der Waals surface area (Å²) in [6.07, 6.45) is 4.34. The third kappa shape index (κ3) is 2.71. The van der Waals surface area contributed by atoms with Crippen LogP contribution < -0.4 is 10.5 Å². The summed E-state index contributed by atoms with van der Waals surface area (Å²) in [6.45, 7) is 0.239. The Kier molecular flexibility index (Phi) is 4.65. The van der Waals surface area contributed by atoms with Crippen molar-refractivity contribution in [2.45, 2.75) is 37.7 Å². The van der Waals surface area contributed by atoms with Crippen LogP contribution in [-0.2, 0) is 0 Å². The highest BCUT2D eigenvalue weighted by molar-refractivity contribution is 9.10. The minimum Gasteiger partial charge on any atom is -0.495 e. The number of halogens is 1. The van der Waals surface area contributed by atoms with Crippen LogP contribution in [0.15, 0.2) is 16.6 Å². The van der Waals surface area contributed by atoms with Gasteiger partial charge in [0.25, 0.3) is 0 Å². The van der Waals surface area contributed by atoms with Gasteiger partial charge in [-0.3, -0.25) is 0 Å². The number of aliphatic hydroxyl groups is 1. The third-order valence-corrected chi connectivity index (χ3v) is 4.29. The zero-order valence-electron chi connectivity index (χ0n) is 10.7. The van der Waals surface area contributed by atoms with Crippen LogP contribution in [0.25, 0.3) is 0 Å². The molecule has 0 aliphatic heterocycles. The zero-order chi connectivity index (χ0) is 13.1. The van der Waals surface area contributed by atoms with Crippen LogP contribution in [0.1, 0.15) is 48.8 Å². The van der Waals surface area contributed by atoms with Gasteiger partial charge in [0.05, 0.1) is 17.7 Å². The molecule has 4 heteroatoms. The van der Waals surface area contributed by atoms with Crippen molar-refractivity contribution in [2.75, 3.05) is 13.7 Å². The lowest BCUT2D eigenvalue weighted by atomic mass is 9.93. The second-order valence-electron chi connectivity index (χ2n) is 4.86. The summed E-state index contributed by atoms with van der Waals surface area (Å²) in [7, 11) is 1.69. The molecular weight excluding hydrogens is 294 g/mol. The molecule has 1 saturated carbocycles. The normalized spacial score (nSPS) is 18.0. The first kappa shape index (κ1) is 13.8. The highest BCUT2D eigenvalue weighted by atomic mass is 79.9. The predicted octanol–water partition coefficient (Wildman–Crippen LogP) is 3.11. The lowest BCUT2D eigenvalue weighted by Gasteiger charge is -2.19. The fraction of sp³-hybridized carbons (Fsp3) is 0.571. The predicted molar refractivity (Wildman–Crippen MR) is 75.9 cm³/mol. The smallest absolute Gasteiger partial charge is 0.136 e. The Morgan fingerprint density at radius 1 is 1.44 bits per heavy atom. The Bertz CT molecular complexity index is 417. The Hall–Kier alpha value is -0.580. The number of hydrogen-bond donors (Lipinski definition) is 2. The van der Waals surface area contributed by atoms with Crippen molar-refractivity contribution in [1.29, 1.82) is 0 Å². The van der Waals surface area contributed by atoms with Gasteiger partial charge in [-0.1, -0.05) is 12.8 Å². The van der Waals surface area contributed by atoms with E-state index >= 15 is 0 Å². The molecule has 1 aliphatic carbocycles. The van der Waals surface area contributed by atoms with Gasteiger partial charge in [0.15, 0.2) is 0 Å². The molecule has 1 aliphatic rings. The van der Waals surface area contributed by atoms with Crippen LogP contribution in [0, 0.1) is 0 Å². The van der Waals surface area contributed by atoms with Crippen LogP contribution in [0.5, 0.6) is 5.75 Å². The maximum absolute atomic E-state index is 9.90. The molecule has 1 aromatic carbocycles. The molecule has 1 aromatic rings. The summed E-state index contributed by atoms with van der Waals surface area (Å²) in [4.78, 5) is 0. The highest BCUT2D eigenvalue weighted by Crippen LogP contribution is 2.43. The molecule has 1 unspecified atom stereocenters. The molecule has 0 saturated heterocycles. The largest absolute Gasteiger partial charge is 0.495 e. The summed E-state index contributed by atoms with van der Waals surface area (Å²) in [6, 6.07) is 3.95. The molecule has 1 atom stereocenters. The number of hydrogen-bond acceptors (Lipinski definition) is 3. The van der Waals surface area contributed by atoms with Crippen molar-refractivity contribution in [3.8, 4) is 5.75 Å². The van der Waals surface area contributed by atoms with E-state index in [1.54, 1.807) is 7.11 Å². The third-order valence-electron chi connectivity index (χ3n) is 3.70. The highest BCUT2D eigenvalue weighted by Gasteiger charge is 2.23. The van der Waals surface area contributed by atoms with Crippen LogP contribution in [0.4, 0.5) is 0 Å². The Morgan fingerprint density at radius 3 is 2.67 bits per heavy atom. The Balaban J connectivity index is 2.43. The summed E-state index contributed by atoms with van der Waals surface area (Å²) in [5, 5.41) is 9.90. The molecule has 2 rings (SSSR count). The molecule has 18 heavy (non-hydrogen) atoms. The van der Waals surface area contributed by atoms with Gasteiger partial charge in [-0.15, -0.1) is 0 Å². The fourth-order valence-electron chi connectivity index (χ4n) is 2.72. The molecular formula is C14H20BrNO2. The quantitative estimate of drug-likeness (QED) is 0.898. The van der Waals surface area contributed by atoms with Crippen molar-refractivity contribution in [2.24, 2.45) is 5.73 Å². The number of nitrogens with two attached hydrogens (primary N) is 1. The summed E-state index contributed by atoms with van der Waals surface area (Å²) in [5.41, 5.74) is 7.60. The average molecular weight is 314 g/mol. The van der Waals surface area contributed by atoms with E-state index < -0.39 is 6.10 Å². The monoisotopic (exact) mass is 313 g/mol. The van der Waals surface area contributed by atoms with Crippen LogP contribution >= 0.6 is 15.9 Å². The van der Waals surface area contributed by atoms with Crippen molar-refractivity contribution < 1.29 is 9.84 Å². The van der Waals surface area contributed by atoms with E-state index in [9.17, 15) is 5.11 Å². The molecule has 0 amide bonds. The van der Waals surface area contributed by atoms with Crippen molar-refractivity contribution in [3.63, 3.8) is 0 Å². The van der Waals surface area contributed by atoms with Gasteiger partial charge in [0.1, 0.15) is 5.75 Å². The first-order valence-electron chi connectivity index (χ1n) is 6.42. The standard InChI is InChI=1S/C14H20BrNO2/c1-18-14-11(9-4-2-3-5-9)6-10(7-12(14)15)13(17)8-16/h6-7,9,13,17H,2-5,8,16H2,1H3. The summed E-state index contributed by atoms with van der Waals surface area (Å²) >= 11 is 3.53. The molecule has 0 bridgehead atoms. The topological polar surface area (TPSA) is 55.5 Å². The van der Waals surface area contributed by atoms with Gasteiger partial charge in [-0.05, 0) is 57.9 Å². The van der Waals surface area contributed by atoms with Crippen molar-refractivity contribution in [3.05, 3.63) is 27.7 Å². The minimum absolute atomic E-state index is 0.239. The van der Waals surface area contributed by atoms with E-state index in [2.05, 4.69) is 22.0 Å². The molecule has 100 valence electrons. The Morgan fingerprint density at radius 2 is 2.11 bits per heavy atom. The molecule has 0 radical (unpaired) electrons. The number of methoxy groups -OCH3 is 1. The summed E-state index contributed by atoms with van der Waals surface area (Å²) in [5.74, 6) is 1.44. The average Bonchev–Trinajstić information content (AvgIpc) is 2.90. The van der Waals surface area contributed by atoms with Gasteiger partial charge in [0.2, 0.25) is 0 Å². The first-order chi connectivity index (χ1) is 8.67. The van der Waals surface area contributed by atoms with Crippen LogP contribution in [-0.4, -0.2) is 18.8 Å². The zero-order valence-corrected chi connectivity index (χ0v) is 12.2. The van der Waals surface area contributed by atoms with Gasteiger partial charge in [-0.25, -0.2) is 0 Å². The number of ether oxygens (including phenoxy) is 1. The van der Waals surface area contributed by atoms with E-state index in [-0.39, 0.29) is 6.54 Å². The molecule has 0 heterocycles. The molecule has 3 nitrogen and oxygen atoms in total. The maximum Gasteiger partial charge on any atom is 0.136 e. The number of rotatable bonds is 4. The second kappa shape index (κ2) is 6.04. The van der Waals surface area contributed by atoms with Gasteiger partial charge in [-0.2, -0.15) is 0 Å². The van der Waals surface area contributed by atoms with Crippen LogP contribution in [0.2, 0.25) is 0 Å². The van der Waals surface area contributed by atoms with E-state index in [0.717, 1.165) is 15.8 Å². The van der Waals surface area contributed by atoms with E-state index in [4.69, 9.17) is 10.5 Å². The molecule has 3 N–H and O–H groups in total. The SMILES string of the molecule is COc1c(Br)cc(C(O)CN)cc1C1CCCC1. The lowest BCUT2D eigenvalue weighted by molar-refractivity contribution is 0.186. The van der Waals surface area contributed by atoms with Crippen molar-refractivity contribution in [1.82, 2.24) is 0 Å². The van der Waals surface area contributed by atoms with Crippen molar-refractivity contribution >= 4 is 15.9 Å². The van der Waals surface area contributed by atoms with E-state index in [0.29, 0.717) is 5.92 Å². The van der Waals surface area contributed by atoms with Gasteiger partial charge < -0.3 is 15.6 Å².